The molecule has 0 fully saturated rings. The summed E-state index contributed by atoms with van der Waals surface area (Å²) in [4.78, 5) is 10.1. The molecule has 0 saturated heterocycles. The lowest BCUT2D eigenvalue weighted by molar-refractivity contribution is -0.137. The van der Waals surface area contributed by atoms with Crippen LogP contribution >= 0.6 is 11.8 Å². The predicted molar refractivity (Wildman–Crippen MR) is 57.4 cm³/mol. The van der Waals surface area contributed by atoms with E-state index in [1.807, 2.05) is 11.8 Å². The van der Waals surface area contributed by atoms with Crippen molar-refractivity contribution in [3.63, 3.8) is 0 Å². The van der Waals surface area contributed by atoms with Crippen molar-refractivity contribution in [2.24, 2.45) is 0 Å². The zero-order chi connectivity index (χ0) is 9.94. The molecule has 0 unspecified atom stereocenters. The molecule has 0 bridgehead atoms. The minimum Gasteiger partial charge on any atom is -0.481 e. The van der Waals surface area contributed by atoms with Crippen molar-refractivity contribution in [3.8, 4) is 0 Å². The van der Waals surface area contributed by atoms with Gasteiger partial charge in [-0.3, -0.25) is 4.79 Å². The lowest BCUT2D eigenvalue weighted by Gasteiger charge is -2.02. The predicted octanol–water partition coefficient (Wildman–Crippen LogP) is 1.58. The van der Waals surface area contributed by atoms with Gasteiger partial charge in [-0.1, -0.05) is 6.92 Å². The number of aliphatic carboxylic acids is 1. The lowest BCUT2D eigenvalue weighted by Crippen LogP contribution is -2.18. The van der Waals surface area contributed by atoms with Gasteiger partial charge in [0, 0.05) is 6.42 Å². The van der Waals surface area contributed by atoms with Gasteiger partial charge in [0.15, 0.2) is 0 Å². The summed E-state index contributed by atoms with van der Waals surface area (Å²) in [5, 5.41) is 11.6. The number of hydrogen-bond acceptors (Lipinski definition) is 3. The Balaban J connectivity index is 2.87. The number of rotatable bonds is 9. The topological polar surface area (TPSA) is 49.3 Å². The van der Waals surface area contributed by atoms with Crippen LogP contribution in [-0.4, -0.2) is 35.7 Å². The van der Waals surface area contributed by atoms with Crippen LogP contribution in [0.15, 0.2) is 0 Å². The largest absolute Gasteiger partial charge is 0.481 e. The number of thioether (sulfide) groups is 1. The molecule has 0 atom stereocenters. The van der Waals surface area contributed by atoms with Crippen LogP contribution < -0.4 is 5.32 Å². The van der Waals surface area contributed by atoms with Crippen molar-refractivity contribution in [3.05, 3.63) is 0 Å². The summed E-state index contributed by atoms with van der Waals surface area (Å²) in [6.45, 7) is 3.99. The Morgan fingerprint density at radius 3 is 2.69 bits per heavy atom. The van der Waals surface area contributed by atoms with Crippen LogP contribution in [0.1, 0.15) is 26.2 Å². The highest BCUT2D eigenvalue weighted by atomic mass is 32.2. The molecule has 4 heteroatoms. The SMILES string of the molecule is CCSCCCNCCCC(=O)O. The van der Waals surface area contributed by atoms with Crippen molar-refractivity contribution in [2.45, 2.75) is 26.2 Å². The molecule has 78 valence electrons. The summed E-state index contributed by atoms with van der Waals surface area (Å²) in [5.41, 5.74) is 0. The number of nitrogens with one attached hydrogen (secondary N) is 1. The Morgan fingerprint density at radius 2 is 2.08 bits per heavy atom. The first-order valence-electron chi connectivity index (χ1n) is 4.77. The first kappa shape index (κ1) is 12.8. The Kier molecular flexibility index (Phi) is 9.70. The molecule has 0 spiro atoms. The summed E-state index contributed by atoms with van der Waals surface area (Å²) >= 11 is 1.94. The summed E-state index contributed by atoms with van der Waals surface area (Å²) in [6.07, 6.45) is 2.18. The van der Waals surface area contributed by atoms with Gasteiger partial charge in [0.2, 0.25) is 0 Å². The lowest BCUT2D eigenvalue weighted by atomic mass is 10.3. The van der Waals surface area contributed by atoms with Gasteiger partial charge >= 0.3 is 5.97 Å². The van der Waals surface area contributed by atoms with Gasteiger partial charge in [0.05, 0.1) is 0 Å². The molecule has 0 aliphatic heterocycles. The average molecular weight is 205 g/mol. The molecule has 0 aromatic rings. The first-order valence-corrected chi connectivity index (χ1v) is 5.93. The van der Waals surface area contributed by atoms with E-state index in [4.69, 9.17) is 5.11 Å². The zero-order valence-electron chi connectivity index (χ0n) is 8.21. The fourth-order valence-corrected chi connectivity index (χ4v) is 1.57. The minimum absolute atomic E-state index is 0.275. The molecule has 3 nitrogen and oxygen atoms in total. The molecule has 0 saturated carbocycles. The van der Waals surface area contributed by atoms with Gasteiger partial charge in [0.25, 0.3) is 0 Å². The third-order valence-electron chi connectivity index (χ3n) is 1.59. The maximum atomic E-state index is 10.1. The molecular formula is C9H19NO2S. The molecule has 2 N–H and O–H groups in total. The fourth-order valence-electron chi connectivity index (χ4n) is 0.933. The molecule has 0 aliphatic carbocycles. The molecule has 0 aromatic carbocycles. The van der Waals surface area contributed by atoms with Gasteiger partial charge in [0.1, 0.15) is 0 Å². The van der Waals surface area contributed by atoms with Crippen molar-refractivity contribution in [1.29, 1.82) is 0 Å². The van der Waals surface area contributed by atoms with Crippen LogP contribution in [0, 0.1) is 0 Å². The van der Waals surface area contributed by atoms with Gasteiger partial charge in [-0.25, -0.2) is 0 Å². The van der Waals surface area contributed by atoms with E-state index in [9.17, 15) is 4.79 Å². The third kappa shape index (κ3) is 11.8. The number of hydrogen-bond donors (Lipinski definition) is 2. The highest BCUT2D eigenvalue weighted by Gasteiger charge is 1.95. The Morgan fingerprint density at radius 1 is 1.38 bits per heavy atom. The maximum Gasteiger partial charge on any atom is 0.303 e. The molecule has 0 aliphatic rings. The highest BCUT2D eigenvalue weighted by Crippen LogP contribution is 1.99. The van der Waals surface area contributed by atoms with E-state index in [0.717, 1.165) is 19.5 Å². The van der Waals surface area contributed by atoms with E-state index < -0.39 is 5.97 Å². The summed E-state index contributed by atoms with van der Waals surface area (Å²) in [7, 11) is 0. The van der Waals surface area contributed by atoms with Gasteiger partial charge in [-0.15, -0.1) is 0 Å². The van der Waals surface area contributed by atoms with E-state index in [0.29, 0.717) is 0 Å². The van der Waals surface area contributed by atoms with Crippen molar-refractivity contribution in [1.82, 2.24) is 5.32 Å². The summed E-state index contributed by atoms with van der Waals surface area (Å²) in [5.74, 6) is 1.67. The van der Waals surface area contributed by atoms with Gasteiger partial charge in [-0.05, 0) is 37.4 Å². The molecule has 0 rings (SSSR count). The van der Waals surface area contributed by atoms with Crippen molar-refractivity contribution >= 4 is 17.7 Å². The second-order valence-electron chi connectivity index (χ2n) is 2.80. The number of carboxylic acids is 1. The second-order valence-corrected chi connectivity index (χ2v) is 4.19. The molecule has 0 radical (unpaired) electrons. The third-order valence-corrected chi connectivity index (χ3v) is 2.58. The van der Waals surface area contributed by atoms with E-state index >= 15 is 0 Å². The van der Waals surface area contributed by atoms with Gasteiger partial charge < -0.3 is 10.4 Å². The van der Waals surface area contributed by atoms with Crippen LogP contribution in [0.4, 0.5) is 0 Å². The van der Waals surface area contributed by atoms with Crippen molar-refractivity contribution < 1.29 is 9.90 Å². The first-order chi connectivity index (χ1) is 6.27. The molecular weight excluding hydrogens is 186 g/mol. The monoisotopic (exact) mass is 205 g/mol. The highest BCUT2D eigenvalue weighted by molar-refractivity contribution is 7.99. The standard InChI is InChI=1S/C9H19NO2S/c1-2-13-8-4-7-10-6-3-5-9(11)12/h10H,2-8H2,1H3,(H,11,12). The van der Waals surface area contributed by atoms with E-state index in [1.165, 1.54) is 17.9 Å². The Labute approximate surface area is 84.3 Å². The smallest absolute Gasteiger partial charge is 0.303 e. The number of carboxylic acid groups (broad SMARTS) is 1. The zero-order valence-corrected chi connectivity index (χ0v) is 9.03. The maximum absolute atomic E-state index is 10.1. The van der Waals surface area contributed by atoms with Crippen LogP contribution in [0.5, 0.6) is 0 Å². The van der Waals surface area contributed by atoms with Crippen LogP contribution in [-0.2, 0) is 4.79 Å². The quantitative estimate of drug-likeness (QED) is 0.561. The van der Waals surface area contributed by atoms with Crippen molar-refractivity contribution in [2.75, 3.05) is 24.6 Å². The minimum atomic E-state index is -0.705. The summed E-state index contributed by atoms with van der Waals surface area (Å²) < 4.78 is 0. The van der Waals surface area contributed by atoms with Crippen LogP contribution in [0.25, 0.3) is 0 Å². The van der Waals surface area contributed by atoms with Gasteiger partial charge in [-0.2, -0.15) is 11.8 Å². The fraction of sp³-hybridized carbons (Fsp3) is 0.889. The summed E-state index contributed by atoms with van der Waals surface area (Å²) in [6, 6.07) is 0. The Bertz CT molecular complexity index is 131. The number of carbonyl (C=O) groups is 1. The van der Waals surface area contributed by atoms with Crippen LogP contribution in [0.2, 0.25) is 0 Å². The molecule has 13 heavy (non-hydrogen) atoms. The molecule has 0 heterocycles. The Hall–Kier alpha value is -0.220. The van der Waals surface area contributed by atoms with E-state index in [-0.39, 0.29) is 6.42 Å². The van der Waals surface area contributed by atoms with E-state index in [1.54, 1.807) is 0 Å². The molecule has 0 aromatic heterocycles. The van der Waals surface area contributed by atoms with Crippen LogP contribution in [0.3, 0.4) is 0 Å². The normalized spacial score (nSPS) is 10.2. The average Bonchev–Trinajstić information content (AvgIpc) is 2.09. The second kappa shape index (κ2) is 9.86. The molecule has 0 amide bonds. The van der Waals surface area contributed by atoms with E-state index in [2.05, 4.69) is 12.2 Å².